The number of aliphatic hydroxyl groups excluding tert-OH is 4. The molecule has 2 aliphatic carbocycles. The molecule has 0 radical (unpaired) electrons. The molecule has 36 heavy (non-hydrogen) atoms. The smallest absolute Gasteiger partial charge is 0.223 e. The van der Waals surface area contributed by atoms with E-state index in [2.05, 4.69) is 5.32 Å². The van der Waals surface area contributed by atoms with Gasteiger partial charge in [-0.1, -0.05) is 89.1 Å². The van der Waals surface area contributed by atoms with Gasteiger partial charge < -0.3 is 25.7 Å². The van der Waals surface area contributed by atoms with Crippen LogP contribution in [0, 0.1) is 23.7 Å². The number of amides is 1. The van der Waals surface area contributed by atoms with Crippen molar-refractivity contribution >= 4 is 5.91 Å². The average Bonchev–Trinajstić information content (AvgIpc) is 3.67. The van der Waals surface area contributed by atoms with E-state index in [0.29, 0.717) is 37.5 Å². The van der Waals surface area contributed by atoms with Crippen LogP contribution in [0.25, 0.3) is 0 Å². The molecule has 1 aromatic carbocycles. The Morgan fingerprint density at radius 3 is 2.08 bits per heavy atom. The van der Waals surface area contributed by atoms with Gasteiger partial charge in [-0.3, -0.25) is 4.79 Å². The van der Waals surface area contributed by atoms with Crippen molar-refractivity contribution in [3.63, 3.8) is 0 Å². The minimum atomic E-state index is -1.02. The minimum absolute atomic E-state index is 0.176. The van der Waals surface area contributed by atoms with Crippen molar-refractivity contribution in [2.45, 2.75) is 121 Å². The molecule has 0 aromatic heterocycles. The monoisotopic (exact) mass is 503 g/mol. The first-order chi connectivity index (χ1) is 17.2. The summed E-state index contributed by atoms with van der Waals surface area (Å²) in [5.74, 6) is 0.549. The molecule has 0 unspecified atom stereocenters. The highest BCUT2D eigenvalue weighted by Crippen LogP contribution is 2.37. The molecule has 0 spiro atoms. The lowest BCUT2D eigenvalue weighted by Crippen LogP contribution is -2.51. The first kappa shape index (κ1) is 29.1. The van der Waals surface area contributed by atoms with Gasteiger partial charge in [-0.2, -0.15) is 0 Å². The highest BCUT2D eigenvalue weighted by atomic mass is 16.3. The van der Waals surface area contributed by atoms with Gasteiger partial charge in [-0.25, -0.2) is 0 Å². The molecule has 2 aliphatic rings. The van der Waals surface area contributed by atoms with Crippen LogP contribution < -0.4 is 5.32 Å². The highest BCUT2D eigenvalue weighted by Gasteiger charge is 2.36. The fourth-order valence-electron chi connectivity index (χ4n) is 5.76. The summed E-state index contributed by atoms with van der Waals surface area (Å²) in [5, 5.41) is 46.3. The van der Waals surface area contributed by atoms with Crippen molar-refractivity contribution in [3.8, 4) is 0 Å². The van der Waals surface area contributed by atoms with Crippen molar-refractivity contribution < 1.29 is 25.2 Å². The summed E-state index contributed by atoms with van der Waals surface area (Å²) in [6.45, 7) is 4.02. The second-order valence-corrected chi connectivity index (χ2v) is 12.0. The van der Waals surface area contributed by atoms with Crippen LogP contribution >= 0.6 is 0 Å². The van der Waals surface area contributed by atoms with Crippen LogP contribution in [-0.2, 0) is 11.2 Å². The Balaban J connectivity index is 1.65. The van der Waals surface area contributed by atoms with E-state index in [0.717, 1.165) is 31.2 Å². The molecule has 5 N–H and O–H groups in total. The van der Waals surface area contributed by atoms with Crippen molar-refractivity contribution in [3.05, 3.63) is 35.9 Å². The second-order valence-electron chi connectivity index (χ2n) is 12.0. The molecule has 0 bridgehead atoms. The molecule has 0 saturated heterocycles. The lowest BCUT2D eigenvalue weighted by atomic mass is 9.82. The molecule has 3 rings (SSSR count). The second kappa shape index (κ2) is 14.5. The molecule has 6 heteroatoms. The number of nitrogens with one attached hydrogen (secondary N) is 1. The Morgan fingerprint density at radius 2 is 1.47 bits per heavy atom. The van der Waals surface area contributed by atoms with Gasteiger partial charge in [0.2, 0.25) is 5.91 Å². The van der Waals surface area contributed by atoms with Crippen molar-refractivity contribution in [2.75, 3.05) is 0 Å². The van der Waals surface area contributed by atoms with E-state index in [1.165, 1.54) is 19.3 Å². The van der Waals surface area contributed by atoms with E-state index in [4.69, 9.17) is 0 Å². The van der Waals surface area contributed by atoms with Crippen molar-refractivity contribution in [1.29, 1.82) is 0 Å². The third kappa shape index (κ3) is 9.77. The van der Waals surface area contributed by atoms with Crippen molar-refractivity contribution in [2.24, 2.45) is 23.7 Å². The first-order valence-electron chi connectivity index (χ1n) is 14.3. The molecule has 2 fully saturated rings. The van der Waals surface area contributed by atoms with Crippen LogP contribution in [0.5, 0.6) is 0 Å². The standard InChI is InChI=1S/C30H49NO5/c1-20(2)15-28(34)29(35)25(17-21-9-5-3-6-10-21)31-30(36)24(16-23-13-14-23)19-27(33)26(32)18-22-11-7-4-8-12-22/h4,7-8,11-12,20-21,23-29,32-35H,3,5-6,9-10,13-19H2,1-2H3,(H,31,36)/t24-,25-,26-,27-,28-,29+/m0/s1. The van der Waals surface area contributed by atoms with Crippen LogP contribution in [0.4, 0.5) is 0 Å². The Kier molecular flexibility index (Phi) is 11.7. The summed E-state index contributed by atoms with van der Waals surface area (Å²) >= 11 is 0. The molecular weight excluding hydrogens is 454 g/mol. The fourth-order valence-corrected chi connectivity index (χ4v) is 5.76. The van der Waals surface area contributed by atoms with Gasteiger partial charge in [0.05, 0.1) is 24.4 Å². The number of hydrogen-bond acceptors (Lipinski definition) is 5. The topological polar surface area (TPSA) is 110 Å². The van der Waals surface area contributed by atoms with E-state index in [1.54, 1.807) is 0 Å². The predicted molar refractivity (Wildman–Crippen MR) is 142 cm³/mol. The highest BCUT2D eigenvalue weighted by molar-refractivity contribution is 5.79. The maximum atomic E-state index is 13.5. The van der Waals surface area contributed by atoms with Gasteiger partial charge in [-0.15, -0.1) is 0 Å². The maximum absolute atomic E-state index is 13.5. The molecule has 6 nitrogen and oxygen atoms in total. The van der Waals surface area contributed by atoms with E-state index in [1.807, 2.05) is 44.2 Å². The van der Waals surface area contributed by atoms with Crippen LogP contribution in [0.3, 0.4) is 0 Å². The molecule has 1 amide bonds. The van der Waals surface area contributed by atoms with Crippen LogP contribution in [0.15, 0.2) is 30.3 Å². The normalized spacial score (nSPS) is 22.0. The van der Waals surface area contributed by atoms with Crippen LogP contribution in [0.2, 0.25) is 0 Å². The number of benzene rings is 1. The summed E-state index contributed by atoms with van der Waals surface area (Å²) in [7, 11) is 0. The molecule has 6 atom stereocenters. The van der Waals surface area contributed by atoms with Gasteiger partial charge in [-0.05, 0) is 49.0 Å². The zero-order chi connectivity index (χ0) is 26.1. The Hall–Kier alpha value is -1.47. The zero-order valence-electron chi connectivity index (χ0n) is 22.3. The summed E-state index contributed by atoms with van der Waals surface area (Å²) in [6, 6.07) is 9.06. The summed E-state index contributed by atoms with van der Waals surface area (Å²) < 4.78 is 0. The van der Waals surface area contributed by atoms with E-state index in [-0.39, 0.29) is 18.2 Å². The Bertz CT molecular complexity index is 762. The van der Waals surface area contributed by atoms with E-state index >= 15 is 0 Å². The molecule has 0 heterocycles. The fraction of sp³-hybridized carbons (Fsp3) is 0.767. The van der Waals surface area contributed by atoms with E-state index in [9.17, 15) is 25.2 Å². The van der Waals surface area contributed by atoms with Crippen LogP contribution in [0.1, 0.15) is 90.0 Å². The van der Waals surface area contributed by atoms with Gasteiger partial charge in [0.25, 0.3) is 0 Å². The first-order valence-corrected chi connectivity index (χ1v) is 14.3. The third-order valence-electron chi connectivity index (χ3n) is 8.10. The zero-order valence-corrected chi connectivity index (χ0v) is 22.3. The SMILES string of the molecule is CC(C)C[C@H](O)[C@H](O)[C@H](CC1CCCCC1)NC(=O)[C@@H](CC1CC1)C[C@H](O)[C@@H](O)Cc1ccccc1. The number of carbonyl (C=O) groups excluding carboxylic acids is 1. The lowest BCUT2D eigenvalue weighted by Gasteiger charge is -2.34. The predicted octanol–water partition coefficient (Wildman–Crippen LogP) is 3.98. The number of hydrogen-bond donors (Lipinski definition) is 5. The number of rotatable bonds is 15. The quantitative estimate of drug-likeness (QED) is 0.249. The summed E-state index contributed by atoms with van der Waals surface area (Å²) in [6.07, 6.45) is 6.44. The molecule has 1 aromatic rings. The Labute approximate surface area is 217 Å². The third-order valence-corrected chi connectivity index (χ3v) is 8.10. The molecular formula is C30H49NO5. The number of carbonyl (C=O) groups is 1. The average molecular weight is 504 g/mol. The Morgan fingerprint density at radius 1 is 0.833 bits per heavy atom. The summed E-state index contributed by atoms with van der Waals surface area (Å²) in [4.78, 5) is 13.5. The largest absolute Gasteiger partial charge is 0.390 e. The van der Waals surface area contributed by atoms with Crippen molar-refractivity contribution in [1.82, 2.24) is 5.32 Å². The lowest BCUT2D eigenvalue weighted by molar-refractivity contribution is -0.130. The van der Waals surface area contributed by atoms with Crippen LogP contribution in [-0.4, -0.2) is 56.8 Å². The molecule has 204 valence electrons. The number of aliphatic hydroxyl groups is 4. The minimum Gasteiger partial charge on any atom is -0.390 e. The summed E-state index contributed by atoms with van der Waals surface area (Å²) in [5.41, 5.74) is 0.946. The molecule has 0 aliphatic heterocycles. The van der Waals surface area contributed by atoms with Gasteiger partial charge in [0.1, 0.15) is 6.10 Å². The van der Waals surface area contributed by atoms with E-state index < -0.39 is 36.4 Å². The van der Waals surface area contributed by atoms with Gasteiger partial charge >= 0.3 is 0 Å². The van der Waals surface area contributed by atoms with Gasteiger partial charge in [0.15, 0.2) is 0 Å². The maximum Gasteiger partial charge on any atom is 0.223 e. The molecule has 2 saturated carbocycles. The van der Waals surface area contributed by atoms with Gasteiger partial charge in [0, 0.05) is 12.3 Å².